The molecule has 0 aliphatic heterocycles. The molecule has 2 aromatic carbocycles. The highest BCUT2D eigenvalue weighted by Gasteiger charge is 2.34. The van der Waals surface area contributed by atoms with Crippen LogP contribution in [0.15, 0.2) is 56.7 Å². The van der Waals surface area contributed by atoms with Crippen molar-refractivity contribution in [2.45, 2.75) is 22.4 Å². The molecule has 0 fully saturated rings. The predicted octanol–water partition coefficient (Wildman–Crippen LogP) is 5.12. The summed E-state index contributed by atoms with van der Waals surface area (Å²) in [5.74, 6) is 0. The number of alkyl halides is 3. The largest absolute Gasteiger partial charge is 0.417 e. The van der Waals surface area contributed by atoms with Crippen LogP contribution in [0.4, 0.5) is 13.2 Å². The van der Waals surface area contributed by atoms with E-state index in [0.717, 1.165) is 21.1 Å². The third kappa shape index (κ3) is 4.25. The van der Waals surface area contributed by atoms with Crippen molar-refractivity contribution in [3.63, 3.8) is 0 Å². The van der Waals surface area contributed by atoms with Crippen LogP contribution in [-0.4, -0.2) is 6.54 Å². The van der Waals surface area contributed by atoms with Gasteiger partial charge in [0.05, 0.1) is 5.56 Å². The lowest BCUT2D eigenvalue weighted by Crippen LogP contribution is -2.09. The second kappa shape index (κ2) is 6.85. The lowest BCUT2D eigenvalue weighted by Gasteiger charge is -2.14. The smallest absolute Gasteiger partial charge is 0.330 e. The van der Waals surface area contributed by atoms with Crippen LogP contribution >= 0.6 is 27.7 Å². The Morgan fingerprint density at radius 1 is 1.05 bits per heavy atom. The van der Waals surface area contributed by atoms with Gasteiger partial charge < -0.3 is 5.73 Å². The summed E-state index contributed by atoms with van der Waals surface area (Å²) in [6, 6.07) is 11.6. The summed E-state index contributed by atoms with van der Waals surface area (Å²) in [6.45, 7) is 0.327. The zero-order valence-corrected chi connectivity index (χ0v) is 13.4. The maximum Gasteiger partial charge on any atom is 0.417 e. The normalized spacial score (nSPS) is 11.7. The molecule has 0 saturated heterocycles. The zero-order chi connectivity index (χ0) is 15.5. The molecule has 2 aromatic rings. The van der Waals surface area contributed by atoms with Gasteiger partial charge in [0.25, 0.3) is 0 Å². The van der Waals surface area contributed by atoms with Gasteiger partial charge in [-0.25, -0.2) is 0 Å². The summed E-state index contributed by atoms with van der Waals surface area (Å²) >= 11 is 4.45. The van der Waals surface area contributed by atoms with Crippen LogP contribution in [0.2, 0.25) is 0 Å². The Hall–Kier alpha value is -0.980. The van der Waals surface area contributed by atoms with Crippen LogP contribution in [0.5, 0.6) is 0 Å². The summed E-state index contributed by atoms with van der Waals surface area (Å²) in [4.78, 5) is 0.935. The topological polar surface area (TPSA) is 26.0 Å². The van der Waals surface area contributed by atoms with E-state index in [2.05, 4.69) is 15.9 Å². The highest BCUT2D eigenvalue weighted by Crippen LogP contribution is 2.41. The van der Waals surface area contributed by atoms with E-state index in [1.165, 1.54) is 12.1 Å². The Labute approximate surface area is 133 Å². The van der Waals surface area contributed by atoms with Crippen LogP contribution < -0.4 is 5.73 Å². The fourth-order valence-electron chi connectivity index (χ4n) is 1.86. The van der Waals surface area contributed by atoms with Gasteiger partial charge in [-0.3, -0.25) is 0 Å². The third-order valence-corrected chi connectivity index (χ3v) is 4.94. The summed E-state index contributed by atoms with van der Waals surface area (Å²) in [5, 5.41) is 0. The van der Waals surface area contributed by atoms with Crippen LogP contribution in [-0.2, 0) is 12.6 Å². The molecule has 2 rings (SSSR count). The van der Waals surface area contributed by atoms with Crippen molar-refractivity contribution in [2.75, 3.05) is 6.54 Å². The average Bonchev–Trinajstić information content (AvgIpc) is 2.42. The molecule has 21 heavy (non-hydrogen) atoms. The van der Waals surface area contributed by atoms with Gasteiger partial charge in [-0.2, -0.15) is 13.2 Å². The molecule has 0 atom stereocenters. The standard InChI is InChI=1S/C15H13BrF3NS/c16-12-3-1-2-4-14(12)21-13-6-5-10(7-8-20)9-11(13)15(17,18)19/h1-6,9H,7-8,20H2. The Morgan fingerprint density at radius 3 is 2.38 bits per heavy atom. The Morgan fingerprint density at radius 2 is 1.76 bits per heavy atom. The Bertz CT molecular complexity index is 629. The van der Waals surface area contributed by atoms with E-state index >= 15 is 0 Å². The molecule has 0 saturated carbocycles. The molecule has 0 bridgehead atoms. The van der Waals surface area contributed by atoms with Gasteiger partial charge in [0, 0.05) is 14.3 Å². The average molecular weight is 376 g/mol. The minimum atomic E-state index is -4.38. The predicted molar refractivity (Wildman–Crippen MR) is 82.5 cm³/mol. The van der Waals surface area contributed by atoms with Gasteiger partial charge in [0.15, 0.2) is 0 Å². The zero-order valence-electron chi connectivity index (χ0n) is 11.0. The Kier molecular flexibility index (Phi) is 5.35. The number of hydrogen-bond acceptors (Lipinski definition) is 2. The molecule has 0 aliphatic rings. The summed E-state index contributed by atoms with van der Waals surface area (Å²) in [5.41, 5.74) is 5.39. The van der Waals surface area contributed by atoms with Crippen molar-refractivity contribution in [1.82, 2.24) is 0 Å². The van der Waals surface area contributed by atoms with Gasteiger partial charge >= 0.3 is 6.18 Å². The number of rotatable bonds is 4. The second-order valence-electron chi connectivity index (χ2n) is 4.40. The fourth-order valence-corrected chi connectivity index (χ4v) is 3.35. The van der Waals surface area contributed by atoms with Crippen molar-refractivity contribution in [2.24, 2.45) is 5.73 Å². The molecule has 0 unspecified atom stereocenters. The second-order valence-corrected chi connectivity index (χ2v) is 6.34. The Balaban J connectivity index is 2.41. The number of hydrogen-bond donors (Lipinski definition) is 1. The summed E-state index contributed by atoms with van der Waals surface area (Å²) in [6.07, 6.45) is -3.95. The summed E-state index contributed by atoms with van der Waals surface area (Å²) in [7, 11) is 0. The van der Waals surface area contributed by atoms with Crippen molar-refractivity contribution >= 4 is 27.7 Å². The van der Waals surface area contributed by atoms with E-state index < -0.39 is 11.7 Å². The molecule has 2 N–H and O–H groups in total. The fraction of sp³-hybridized carbons (Fsp3) is 0.200. The first-order chi connectivity index (χ1) is 9.91. The monoisotopic (exact) mass is 375 g/mol. The van der Waals surface area contributed by atoms with Crippen LogP contribution in [0, 0.1) is 0 Å². The van der Waals surface area contributed by atoms with Crippen LogP contribution in [0.25, 0.3) is 0 Å². The maximum atomic E-state index is 13.2. The van der Waals surface area contributed by atoms with Gasteiger partial charge in [-0.15, -0.1) is 0 Å². The first kappa shape index (κ1) is 16.4. The first-order valence-electron chi connectivity index (χ1n) is 6.24. The molecule has 0 radical (unpaired) electrons. The highest BCUT2D eigenvalue weighted by atomic mass is 79.9. The van der Waals surface area contributed by atoms with E-state index in [9.17, 15) is 13.2 Å². The van der Waals surface area contributed by atoms with Gasteiger partial charge in [0.1, 0.15) is 0 Å². The van der Waals surface area contributed by atoms with E-state index in [0.29, 0.717) is 18.5 Å². The molecule has 0 spiro atoms. The quantitative estimate of drug-likeness (QED) is 0.802. The van der Waals surface area contributed by atoms with Gasteiger partial charge in [-0.05, 0) is 58.7 Å². The van der Waals surface area contributed by atoms with Gasteiger partial charge in [0.2, 0.25) is 0 Å². The highest BCUT2D eigenvalue weighted by molar-refractivity contribution is 9.10. The molecular weight excluding hydrogens is 363 g/mol. The molecule has 1 nitrogen and oxygen atoms in total. The minimum absolute atomic E-state index is 0.190. The van der Waals surface area contributed by atoms with Crippen LogP contribution in [0.1, 0.15) is 11.1 Å². The maximum absolute atomic E-state index is 13.2. The van der Waals surface area contributed by atoms with Crippen LogP contribution in [0.3, 0.4) is 0 Å². The third-order valence-electron chi connectivity index (χ3n) is 2.84. The molecule has 0 aromatic heterocycles. The van der Waals surface area contributed by atoms with Crippen molar-refractivity contribution in [3.05, 3.63) is 58.1 Å². The minimum Gasteiger partial charge on any atom is -0.330 e. The van der Waals surface area contributed by atoms with Crippen molar-refractivity contribution in [1.29, 1.82) is 0 Å². The molecular formula is C15H13BrF3NS. The van der Waals surface area contributed by atoms with E-state index in [-0.39, 0.29) is 4.90 Å². The van der Waals surface area contributed by atoms with E-state index in [4.69, 9.17) is 5.73 Å². The molecule has 0 aliphatic carbocycles. The number of benzene rings is 2. The molecule has 0 heterocycles. The number of halogens is 4. The van der Waals surface area contributed by atoms with E-state index in [1.54, 1.807) is 24.3 Å². The van der Waals surface area contributed by atoms with Crippen molar-refractivity contribution in [3.8, 4) is 0 Å². The van der Waals surface area contributed by atoms with Gasteiger partial charge in [-0.1, -0.05) is 30.0 Å². The summed E-state index contributed by atoms with van der Waals surface area (Å²) < 4.78 is 40.4. The first-order valence-corrected chi connectivity index (χ1v) is 7.85. The van der Waals surface area contributed by atoms with E-state index in [1.807, 2.05) is 6.07 Å². The number of nitrogens with two attached hydrogens (primary N) is 1. The van der Waals surface area contributed by atoms with Crippen molar-refractivity contribution < 1.29 is 13.2 Å². The molecule has 112 valence electrons. The lowest BCUT2D eigenvalue weighted by atomic mass is 10.1. The molecule has 6 heteroatoms. The molecule has 0 amide bonds. The SMILES string of the molecule is NCCc1ccc(Sc2ccccc2Br)c(C(F)(F)F)c1. The lowest BCUT2D eigenvalue weighted by molar-refractivity contribution is -0.139.